The van der Waals surface area contributed by atoms with Crippen molar-refractivity contribution in [1.29, 1.82) is 5.26 Å². The lowest BCUT2D eigenvalue weighted by molar-refractivity contribution is 0.499. The zero-order valence-corrected chi connectivity index (χ0v) is 16.4. The topological polar surface area (TPSA) is 79.2 Å². The third-order valence-corrected chi connectivity index (χ3v) is 7.96. The van der Waals surface area contributed by atoms with E-state index in [0.29, 0.717) is 5.56 Å². The van der Waals surface area contributed by atoms with Crippen LogP contribution >= 0.6 is 22.6 Å². The predicted octanol–water partition coefficient (Wildman–Crippen LogP) is 3.54. The molecule has 0 aromatic heterocycles. The Kier molecular flexibility index (Phi) is 5.10. The van der Waals surface area contributed by atoms with Crippen molar-refractivity contribution in [2.75, 3.05) is 5.75 Å². The van der Waals surface area contributed by atoms with Gasteiger partial charge in [-0.3, -0.25) is 0 Å². The summed E-state index contributed by atoms with van der Waals surface area (Å²) in [4.78, 5) is 0. The Morgan fingerprint density at radius 2 is 2.09 bits per heavy atom. The second kappa shape index (κ2) is 6.30. The number of nitriles is 1. The highest BCUT2D eigenvalue weighted by atomic mass is 127. The fourth-order valence-electron chi connectivity index (χ4n) is 2.26. The molecule has 0 heterocycles. The van der Waals surface area contributed by atoms with E-state index in [-0.39, 0.29) is 11.8 Å². The number of benzene rings is 1. The van der Waals surface area contributed by atoms with E-state index < -0.39 is 25.8 Å². The third-order valence-electron chi connectivity index (χ3n) is 3.97. The lowest BCUT2D eigenvalue weighted by Gasteiger charge is -2.31. The standard InChI is InChI=1S/C16H21FIN3OS/c1-15(2,9-19)23(22,21-12-5-6-12)10-16(3,20)13-8-11(18)4-7-14(13)17/h4,7-8,12H,5-6,10,20H2,1-3H3. The summed E-state index contributed by atoms with van der Waals surface area (Å²) in [7, 11) is -2.92. The molecule has 1 aliphatic carbocycles. The minimum Gasteiger partial charge on any atom is -0.321 e. The molecule has 0 aliphatic heterocycles. The Morgan fingerprint density at radius 3 is 2.61 bits per heavy atom. The SMILES string of the molecule is CC(N)(CS(=O)(=NC1CC1)C(C)(C)C#N)c1cc(I)ccc1F. The van der Waals surface area contributed by atoms with Crippen LogP contribution in [0.3, 0.4) is 0 Å². The maximum absolute atomic E-state index is 14.2. The Bertz CT molecular complexity index is 772. The summed E-state index contributed by atoms with van der Waals surface area (Å²) in [5.41, 5.74) is 5.48. The summed E-state index contributed by atoms with van der Waals surface area (Å²) in [6.07, 6.45) is 1.77. The molecule has 0 spiro atoms. The average molecular weight is 449 g/mol. The summed E-state index contributed by atoms with van der Waals surface area (Å²) in [6.45, 7) is 4.88. The van der Waals surface area contributed by atoms with Crippen molar-refractivity contribution in [3.8, 4) is 6.07 Å². The van der Waals surface area contributed by atoms with Crippen LogP contribution in [0.4, 0.5) is 4.39 Å². The van der Waals surface area contributed by atoms with Crippen molar-refractivity contribution < 1.29 is 8.60 Å². The van der Waals surface area contributed by atoms with Crippen molar-refractivity contribution in [3.63, 3.8) is 0 Å². The molecule has 2 N–H and O–H groups in total. The smallest absolute Gasteiger partial charge is 0.135 e. The van der Waals surface area contributed by atoms with Crippen LogP contribution in [0.5, 0.6) is 0 Å². The van der Waals surface area contributed by atoms with Gasteiger partial charge in [-0.05, 0) is 74.4 Å². The number of rotatable bonds is 5. The van der Waals surface area contributed by atoms with Gasteiger partial charge in [0.15, 0.2) is 0 Å². The molecular weight excluding hydrogens is 428 g/mol. The maximum Gasteiger partial charge on any atom is 0.135 e. The van der Waals surface area contributed by atoms with E-state index in [1.165, 1.54) is 6.07 Å². The van der Waals surface area contributed by atoms with Crippen molar-refractivity contribution in [1.82, 2.24) is 0 Å². The second-order valence-electron chi connectivity index (χ2n) is 6.79. The van der Waals surface area contributed by atoms with Crippen LogP contribution in [0.1, 0.15) is 39.2 Å². The van der Waals surface area contributed by atoms with Gasteiger partial charge >= 0.3 is 0 Å². The van der Waals surface area contributed by atoms with Gasteiger partial charge in [0.1, 0.15) is 10.6 Å². The largest absolute Gasteiger partial charge is 0.321 e. The Labute approximate surface area is 151 Å². The van der Waals surface area contributed by atoms with E-state index in [2.05, 4.69) is 33.0 Å². The molecule has 1 aromatic rings. The highest BCUT2D eigenvalue weighted by Gasteiger charge is 2.41. The molecule has 1 saturated carbocycles. The summed E-state index contributed by atoms with van der Waals surface area (Å²) in [5, 5.41) is 9.42. The van der Waals surface area contributed by atoms with Crippen LogP contribution in [0, 0.1) is 20.7 Å². The van der Waals surface area contributed by atoms with Gasteiger partial charge in [0.2, 0.25) is 0 Å². The zero-order chi connectivity index (χ0) is 17.5. The minimum atomic E-state index is -2.92. The van der Waals surface area contributed by atoms with Crippen LogP contribution in [0.2, 0.25) is 0 Å². The van der Waals surface area contributed by atoms with E-state index in [1.807, 2.05) is 0 Å². The van der Waals surface area contributed by atoms with E-state index >= 15 is 0 Å². The fourth-order valence-corrected chi connectivity index (χ4v) is 5.25. The summed E-state index contributed by atoms with van der Waals surface area (Å²) >= 11 is 2.08. The summed E-state index contributed by atoms with van der Waals surface area (Å²) in [5.74, 6) is -0.480. The Balaban J connectivity index is 2.49. The normalized spacial score (nSPS) is 20.2. The van der Waals surface area contributed by atoms with Crippen LogP contribution in [-0.2, 0) is 15.3 Å². The second-order valence-corrected chi connectivity index (χ2v) is 10.8. The molecule has 0 saturated heterocycles. The van der Waals surface area contributed by atoms with Gasteiger partial charge in [0.25, 0.3) is 0 Å². The van der Waals surface area contributed by atoms with Gasteiger partial charge in [-0.1, -0.05) is 0 Å². The first-order chi connectivity index (χ1) is 10.5. The monoisotopic (exact) mass is 449 g/mol. The summed E-state index contributed by atoms with van der Waals surface area (Å²) in [6, 6.07) is 6.80. The lowest BCUT2D eigenvalue weighted by Crippen LogP contribution is -2.46. The van der Waals surface area contributed by atoms with Gasteiger partial charge < -0.3 is 5.73 Å². The van der Waals surface area contributed by atoms with Crippen LogP contribution < -0.4 is 5.73 Å². The van der Waals surface area contributed by atoms with Gasteiger partial charge in [-0.2, -0.15) is 5.26 Å². The van der Waals surface area contributed by atoms with Crippen molar-refractivity contribution >= 4 is 32.3 Å². The highest BCUT2D eigenvalue weighted by molar-refractivity contribution is 14.1. The van der Waals surface area contributed by atoms with Gasteiger partial charge in [0.05, 0.1) is 33.1 Å². The number of nitrogens with zero attached hydrogens (tertiary/aromatic N) is 2. The lowest BCUT2D eigenvalue weighted by atomic mass is 9.95. The van der Waals surface area contributed by atoms with E-state index in [0.717, 1.165) is 16.4 Å². The fraction of sp³-hybridized carbons (Fsp3) is 0.562. The molecule has 2 rings (SSSR count). The van der Waals surface area contributed by atoms with Crippen molar-refractivity contribution in [2.45, 2.75) is 49.9 Å². The first-order valence-electron chi connectivity index (χ1n) is 7.40. The van der Waals surface area contributed by atoms with E-state index in [4.69, 9.17) is 5.73 Å². The first kappa shape index (κ1) is 18.6. The van der Waals surface area contributed by atoms with E-state index in [9.17, 15) is 13.9 Å². The Morgan fingerprint density at radius 1 is 1.48 bits per heavy atom. The van der Waals surface area contributed by atoms with E-state index in [1.54, 1.807) is 32.9 Å². The number of hydrogen-bond acceptors (Lipinski definition) is 4. The molecule has 7 heteroatoms. The number of nitrogens with two attached hydrogens (primary N) is 1. The molecule has 1 fully saturated rings. The molecule has 126 valence electrons. The highest BCUT2D eigenvalue weighted by Crippen LogP contribution is 2.34. The molecule has 1 aromatic carbocycles. The van der Waals surface area contributed by atoms with Crippen molar-refractivity contribution in [2.24, 2.45) is 10.1 Å². The number of halogens is 2. The molecule has 4 nitrogen and oxygen atoms in total. The van der Waals surface area contributed by atoms with Gasteiger partial charge in [-0.15, -0.1) is 0 Å². The zero-order valence-electron chi connectivity index (χ0n) is 13.5. The van der Waals surface area contributed by atoms with Crippen LogP contribution in [0.15, 0.2) is 22.6 Å². The molecule has 2 atom stereocenters. The maximum atomic E-state index is 14.2. The van der Waals surface area contributed by atoms with Crippen molar-refractivity contribution in [3.05, 3.63) is 33.1 Å². The molecule has 1 aliphatic rings. The number of hydrogen-bond donors (Lipinski definition) is 1. The van der Waals surface area contributed by atoms with Crippen LogP contribution in [0.25, 0.3) is 0 Å². The molecule has 0 amide bonds. The molecular formula is C16H21FIN3OS. The summed E-state index contributed by atoms with van der Waals surface area (Å²) < 4.78 is 31.8. The minimum absolute atomic E-state index is 0.0340. The first-order valence-corrected chi connectivity index (χ1v) is 10.2. The van der Waals surface area contributed by atoms with Gasteiger partial charge in [-0.25, -0.2) is 13.0 Å². The van der Waals surface area contributed by atoms with Gasteiger partial charge in [0, 0.05) is 9.13 Å². The average Bonchev–Trinajstić information content (AvgIpc) is 3.24. The molecule has 2 unspecified atom stereocenters. The molecule has 0 radical (unpaired) electrons. The predicted molar refractivity (Wildman–Crippen MR) is 98.8 cm³/mol. The molecule has 0 bridgehead atoms. The third kappa shape index (κ3) is 4.03. The molecule has 23 heavy (non-hydrogen) atoms. The van der Waals surface area contributed by atoms with Crippen LogP contribution in [-0.4, -0.2) is 20.8 Å². The quantitative estimate of drug-likeness (QED) is 0.699. The Hall–Kier alpha value is -0.720.